The summed E-state index contributed by atoms with van der Waals surface area (Å²) in [6.07, 6.45) is 2.12. The van der Waals surface area contributed by atoms with Crippen LogP contribution in [0.2, 0.25) is 0 Å². The Balaban J connectivity index is 1.76. The zero-order chi connectivity index (χ0) is 14.5. The summed E-state index contributed by atoms with van der Waals surface area (Å²) in [7, 11) is 0. The van der Waals surface area contributed by atoms with E-state index in [1.165, 1.54) is 11.3 Å². The lowest BCUT2D eigenvalue weighted by Gasteiger charge is -2.15. The van der Waals surface area contributed by atoms with Crippen LogP contribution in [-0.4, -0.2) is 37.1 Å². The highest BCUT2D eigenvalue weighted by Gasteiger charge is 2.20. The molecule has 1 aliphatic heterocycles. The van der Waals surface area contributed by atoms with Crippen LogP contribution in [0, 0.1) is 0 Å². The van der Waals surface area contributed by atoms with Crippen LogP contribution in [-0.2, 0) is 9.53 Å². The van der Waals surface area contributed by atoms with Crippen molar-refractivity contribution >= 4 is 39.1 Å². The molecule has 1 aromatic heterocycles. The fraction of sp³-hybridized carbons (Fsp3) is 0.538. The summed E-state index contributed by atoms with van der Waals surface area (Å²) >= 11 is 4.64. The van der Waals surface area contributed by atoms with Crippen LogP contribution >= 0.6 is 27.3 Å². The third-order valence-corrected chi connectivity index (χ3v) is 4.69. The van der Waals surface area contributed by atoms with E-state index in [9.17, 15) is 9.59 Å². The van der Waals surface area contributed by atoms with Crippen LogP contribution < -0.4 is 10.6 Å². The Morgan fingerprint density at radius 2 is 2.35 bits per heavy atom. The topological polar surface area (TPSA) is 67.4 Å². The molecule has 0 saturated carbocycles. The largest absolute Gasteiger partial charge is 0.376 e. The molecule has 0 radical (unpaired) electrons. The van der Waals surface area contributed by atoms with E-state index in [0.717, 1.165) is 23.2 Å². The second kappa shape index (κ2) is 7.19. The number of carbonyl (C=O) groups is 2. The zero-order valence-electron chi connectivity index (χ0n) is 11.1. The number of carbonyl (C=O) groups excluding carboxylic acids is 2. The van der Waals surface area contributed by atoms with E-state index in [1.807, 2.05) is 6.07 Å². The van der Waals surface area contributed by atoms with E-state index < -0.39 is 6.04 Å². The van der Waals surface area contributed by atoms with Gasteiger partial charge in [0.1, 0.15) is 6.04 Å². The molecule has 0 unspecified atom stereocenters. The van der Waals surface area contributed by atoms with Gasteiger partial charge in [0.15, 0.2) is 0 Å². The third kappa shape index (κ3) is 4.29. The first kappa shape index (κ1) is 15.5. The number of ether oxygens (including phenoxy) is 1. The maximum absolute atomic E-state index is 11.9. The monoisotopic (exact) mass is 360 g/mol. The minimum atomic E-state index is -0.565. The number of nitrogens with one attached hydrogen (secondary N) is 2. The third-order valence-electron chi connectivity index (χ3n) is 3.07. The molecule has 1 saturated heterocycles. The van der Waals surface area contributed by atoms with Gasteiger partial charge in [0.05, 0.1) is 14.8 Å². The van der Waals surface area contributed by atoms with E-state index in [1.54, 1.807) is 13.0 Å². The predicted molar refractivity (Wildman–Crippen MR) is 80.9 cm³/mol. The van der Waals surface area contributed by atoms with E-state index >= 15 is 0 Å². The van der Waals surface area contributed by atoms with Crippen molar-refractivity contribution in [2.24, 2.45) is 0 Å². The van der Waals surface area contributed by atoms with Crippen molar-refractivity contribution < 1.29 is 14.3 Å². The van der Waals surface area contributed by atoms with Crippen LogP contribution in [0.5, 0.6) is 0 Å². The number of hydrogen-bond donors (Lipinski definition) is 2. The fourth-order valence-electron chi connectivity index (χ4n) is 1.94. The van der Waals surface area contributed by atoms with Gasteiger partial charge in [0.25, 0.3) is 5.91 Å². The average Bonchev–Trinajstić information content (AvgIpc) is 3.06. The van der Waals surface area contributed by atoms with E-state index in [0.29, 0.717) is 11.4 Å². The molecule has 7 heteroatoms. The summed E-state index contributed by atoms with van der Waals surface area (Å²) in [6, 6.07) is 2.97. The van der Waals surface area contributed by atoms with E-state index in [-0.39, 0.29) is 17.9 Å². The van der Waals surface area contributed by atoms with Gasteiger partial charge in [0, 0.05) is 13.2 Å². The number of hydrogen-bond acceptors (Lipinski definition) is 4. The first-order valence-corrected chi connectivity index (χ1v) is 8.12. The maximum Gasteiger partial charge on any atom is 0.262 e. The van der Waals surface area contributed by atoms with Gasteiger partial charge in [-0.25, -0.2) is 0 Å². The van der Waals surface area contributed by atoms with Gasteiger partial charge in [-0.15, -0.1) is 11.3 Å². The standard InChI is InChI=1S/C13H17BrN2O3S/c1-8(12(17)15-7-9-3-2-6-19-9)16-13(18)10-4-5-11(14)20-10/h4-5,8-9H,2-3,6-7H2,1H3,(H,15,17)(H,16,18)/t8-,9-/m0/s1. The molecule has 5 nitrogen and oxygen atoms in total. The first-order chi connectivity index (χ1) is 9.56. The summed E-state index contributed by atoms with van der Waals surface area (Å²) in [5.41, 5.74) is 0. The van der Waals surface area contributed by atoms with Gasteiger partial charge in [-0.3, -0.25) is 9.59 Å². The average molecular weight is 361 g/mol. The molecule has 2 amide bonds. The maximum atomic E-state index is 11.9. The Hall–Kier alpha value is -0.920. The van der Waals surface area contributed by atoms with Gasteiger partial charge in [-0.2, -0.15) is 0 Å². The normalized spacial score (nSPS) is 19.6. The van der Waals surface area contributed by atoms with Crippen molar-refractivity contribution in [3.8, 4) is 0 Å². The zero-order valence-corrected chi connectivity index (χ0v) is 13.6. The van der Waals surface area contributed by atoms with Gasteiger partial charge in [-0.05, 0) is 47.8 Å². The Labute approximate surface area is 130 Å². The second-order valence-electron chi connectivity index (χ2n) is 4.68. The van der Waals surface area contributed by atoms with Gasteiger partial charge < -0.3 is 15.4 Å². The second-order valence-corrected chi connectivity index (χ2v) is 7.14. The lowest BCUT2D eigenvalue weighted by atomic mass is 10.2. The number of amides is 2. The predicted octanol–water partition coefficient (Wildman–Crippen LogP) is 1.92. The molecule has 0 bridgehead atoms. The van der Waals surface area contributed by atoms with Crippen molar-refractivity contribution in [3.63, 3.8) is 0 Å². The highest BCUT2D eigenvalue weighted by Crippen LogP contribution is 2.21. The van der Waals surface area contributed by atoms with Crippen molar-refractivity contribution in [1.29, 1.82) is 0 Å². The lowest BCUT2D eigenvalue weighted by molar-refractivity contribution is -0.123. The Morgan fingerprint density at radius 3 is 2.95 bits per heavy atom. The molecule has 0 aromatic carbocycles. The molecule has 0 spiro atoms. The molecular formula is C13H17BrN2O3S. The van der Waals surface area contributed by atoms with Crippen LogP contribution in [0.4, 0.5) is 0 Å². The fourth-order valence-corrected chi connectivity index (χ4v) is 3.23. The molecule has 2 heterocycles. The molecule has 1 aromatic rings. The van der Waals surface area contributed by atoms with Gasteiger partial charge in [-0.1, -0.05) is 0 Å². The smallest absolute Gasteiger partial charge is 0.262 e. The number of halogens is 1. The Kier molecular flexibility index (Phi) is 5.56. The van der Waals surface area contributed by atoms with Crippen LogP contribution in [0.3, 0.4) is 0 Å². The molecule has 2 atom stereocenters. The van der Waals surface area contributed by atoms with Crippen molar-refractivity contribution in [1.82, 2.24) is 10.6 Å². The summed E-state index contributed by atoms with van der Waals surface area (Å²) in [5, 5.41) is 5.48. The highest BCUT2D eigenvalue weighted by atomic mass is 79.9. The van der Waals surface area contributed by atoms with Crippen LogP contribution in [0.1, 0.15) is 29.4 Å². The summed E-state index contributed by atoms with van der Waals surface area (Å²) in [4.78, 5) is 24.4. The number of thiophene rings is 1. The molecular weight excluding hydrogens is 344 g/mol. The summed E-state index contributed by atoms with van der Waals surface area (Å²) in [6.45, 7) is 2.94. The lowest BCUT2D eigenvalue weighted by Crippen LogP contribution is -2.46. The van der Waals surface area contributed by atoms with Crippen LogP contribution in [0.25, 0.3) is 0 Å². The van der Waals surface area contributed by atoms with Gasteiger partial charge in [0.2, 0.25) is 5.91 Å². The minimum absolute atomic E-state index is 0.107. The van der Waals surface area contributed by atoms with Crippen molar-refractivity contribution in [3.05, 3.63) is 20.8 Å². The Bertz CT molecular complexity index is 486. The van der Waals surface area contributed by atoms with E-state index in [4.69, 9.17) is 4.74 Å². The van der Waals surface area contributed by atoms with Crippen molar-refractivity contribution in [2.75, 3.05) is 13.2 Å². The molecule has 0 aliphatic carbocycles. The van der Waals surface area contributed by atoms with Crippen molar-refractivity contribution in [2.45, 2.75) is 31.9 Å². The quantitative estimate of drug-likeness (QED) is 0.842. The SMILES string of the molecule is C[C@H](NC(=O)c1ccc(Br)s1)C(=O)NC[C@@H]1CCCO1. The molecule has 2 rings (SSSR count). The molecule has 20 heavy (non-hydrogen) atoms. The number of rotatable bonds is 5. The summed E-state index contributed by atoms with van der Waals surface area (Å²) < 4.78 is 6.32. The van der Waals surface area contributed by atoms with E-state index in [2.05, 4.69) is 26.6 Å². The highest BCUT2D eigenvalue weighted by molar-refractivity contribution is 9.11. The van der Waals surface area contributed by atoms with Crippen LogP contribution in [0.15, 0.2) is 15.9 Å². The minimum Gasteiger partial charge on any atom is -0.376 e. The molecule has 1 fully saturated rings. The Morgan fingerprint density at radius 1 is 1.55 bits per heavy atom. The molecule has 1 aliphatic rings. The van der Waals surface area contributed by atoms with Gasteiger partial charge >= 0.3 is 0 Å². The molecule has 2 N–H and O–H groups in total. The summed E-state index contributed by atoms with van der Waals surface area (Å²) in [5.74, 6) is -0.426. The first-order valence-electron chi connectivity index (χ1n) is 6.52. The molecule has 110 valence electrons.